The van der Waals surface area contributed by atoms with Gasteiger partial charge in [0.25, 0.3) is 0 Å². The van der Waals surface area contributed by atoms with Crippen LogP contribution >= 0.6 is 11.8 Å². The van der Waals surface area contributed by atoms with E-state index in [1.165, 1.54) is 48.2 Å². The van der Waals surface area contributed by atoms with E-state index in [9.17, 15) is 17.6 Å². The van der Waals surface area contributed by atoms with Crippen molar-refractivity contribution in [1.29, 1.82) is 0 Å². The first-order chi connectivity index (χ1) is 15.8. The number of ketones is 1. The Labute approximate surface area is 195 Å². The number of hydrogen-bond acceptors (Lipinski definition) is 6. The Balaban J connectivity index is 1.58. The van der Waals surface area contributed by atoms with Gasteiger partial charge in [-0.1, -0.05) is 54.2 Å². The van der Waals surface area contributed by atoms with Crippen LogP contribution in [-0.2, 0) is 16.4 Å². The van der Waals surface area contributed by atoms with Crippen molar-refractivity contribution in [2.75, 3.05) is 12.0 Å². The van der Waals surface area contributed by atoms with Crippen LogP contribution in [0.4, 0.5) is 4.39 Å². The van der Waals surface area contributed by atoms with E-state index in [-0.39, 0.29) is 22.2 Å². The molecule has 33 heavy (non-hydrogen) atoms. The number of Topliss-reactive ketones (excluding diaryl/α,β-unsaturated/α-hetero) is 1. The predicted molar refractivity (Wildman–Crippen MR) is 126 cm³/mol. The Morgan fingerprint density at radius 3 is 2.24 bits per heavy atom. The van der Waals surface area contributed by atoms with E-state index in [2.05, 4.69) is 10.2 Å². The highest BCUT2D eigenvalue weighted by Gasteiger charge is 2.17. The molecule has 0 saturated heterocycles. The highest BCUT2D eigenvalue weighted by molar-refractivity contribution is 7.99. The molecule has 4 aromatic rings. The first-order valence-electron chi connectivity index (χ1n) is 10.0. The monoisotopic (exact) mass is 481 g/mol. The number of thioether (sulfide) groups is 1. The number of nitrogens with zero attached hydrogens (tertiary/aromatic N) is 3. The van der Waals surface area contributed by atoms with E-state index in [0.717, 1.165) is 17.4 Å². The topological polar surface area (TPSA) is 81.9 Å². The van der Waals surface area contributed by atoms with Crippen LogP contribution in [0, 0.1) is 5.82 Å². The predicted octanol–water partition coefficient (Wildman–Crippen LogP) is 4.51. The highest BCUT2D eigenvalue weighted by atomic mass is 32.2. The van der Waals surface area contributed by atoms with Gasteiger partial charge in [0.15, 0.2) is 26.6 Å². The lowest BCUT2D eigenvalue weighted by atomic mass is 10.1. The van der Waals surface area contributed by atoms with Crippen molar-refractivity contribution in [3.8, 4) is 11.4 Å². The Kier molecular flexibility index (Phi) is 6.71. The second-order valence-electron chi connectivity index (χ2n) is 7.39. The summed E-state index contributed by atoms with van der Waals surface area (Å²) in [5.74, 6) is 0.188. The number of sulfone groups is 1. The molecule has 3 aromatic carbocycles. The lowest BCUT2D eigenvalue weighted by Crippen LogP contribution is -2.07. The molecule has 6 nitrogen and oxygen atoms in total. The van der Waals surface area contributed by atoms with Crippen LogP contribution in [0.1, 0.15) is 15.9 Å². The molecule has 0 aliphatic heterocycles. The van der Waals surface area contributed by atoms with Gasteiger partial charge in [0.05, 0.1) is 17.2 Å². The fourth-order valence-corrected chi connectivity index (χ4v) is 4.68. The highest BCUT2D eigenvalue weighted by Crippen LogP contribution is 2.26. The largest absolute Gasteiger partial charge is 0.298 e. The molecule has 0 bridgehead atoms. The standard InChI is InChI=1S/C24H20FN3O3S2/c1-33(30,31)21-13-9-18(10-14-21)22(29)16-32-24-27-26-23(19-7-11-20(25)12-8-19)28(24)15-17-5-3-2-4-6-17/h2-14H,15-16H2,1H3. The zero-order valence-corrected chi connectivity index (χ0v) is 19.3. The van der Waals surface area contributed by atoms with Crippen LogP contribution in [-0.4, -0.2) is 41.0 Å². The Bertz CT molecular complexity index is 1370. The van der Waals surface area contributed by atoms with Crippen molar-refractivity contribution in [3.05, 3.63) is 95.8 Å². The molecular weight excluding hydrogens is 461 g/mol. The van der Waals surface area contributed by atoms with Gasteiger partial charge in [0.2, 0.25) is 0 Å². The number of benzene rings is 3. The number of carbonyl (C=O) groups is 1. The van der Waals surface area contributed by atoms with Gasteiger partial charge in [-0.15, -0.1) is 10.2 Å². The van der Waals surface area contributed by atoms with E-state index in [0.29, 0.717) is 23.1 Å². The van der Waals surface area contributed by atoms with Gasteiger partial charge >= 0.3 is 0 Å². The molecule has 1 aromatic heterocycles. The van der Waals surface area contributed by atoms with Crippen molar-refractivity contribution >= 4 is 27.4 Å². The van der Waals surface area contributed by atoms with Crippen molar-refractivity contribution in [2.24, 2.45) is 0 Å². The molecular formula is C24H20FN3O3S2. The Hall–Kier alpha value is -3.30. The number of halogens is 1. The molecule has 0 unspecified atom stereocenters. The minimum absolute atomic E-state index is 0.106. The molecule has 168 valence electrons. The van der Waals surface area contributed by atoms with Gasteiger partial charge < -0.3 is 0 Å². The molecule has 0 amide bonds. The average Bonchev–Trinajstić information content (AvgIpc) is 3.20. The third-order valence-corrected chi connectivity index (χ3v) is 7.03. The van der Waals surface area contributed by atoms with E-state index in [1.54, 1.807) is 12.1 Å². The third-order valence-electron chi connectivity index (χ3n) is 4.94. The van der Waals surface area contributed by atoms with Crippen molar-refractivity contribution in [2.45, 2.75) is 16.6 Å². The summed E-state index contributed by atoms with van der Waals surface area (Å²) in [4.78, 5) is 12.9. The van der Waals surface area contributed by atoms with Crippen LogP contribution in [0.3, 0.4) is 0 Å². The number of aromatic nitrogens is 3. The van der Waals surface area contributed by atoms with Crippen molar-refractivity contribution < 1.29 is 17.6 Å². The van der Waals surface area contributed by atoms with Crippen LogP contribution < -0.4 is 0 Å². The number of hydrogen-bond donors (Lipinski definition) is 0. The van der Waals surface area contributed by atoms with E-state index >= 15 is 0 Å². The third kappa shape index (κ3) is 5.55. The summed E-state index contributed by atoms with van der Waals surface area (Å²) in [6, 6.07) is 21.7. The van der Waals surface area contributed by atoms with Gasteiger partial charge in [-0.25, -0.2) is 12.8 Å². The summed E-state index contributed by atoms with van der Waals surface area (Å²) >= 11 is 1.25. The summed E-state index contributed by atoms with van der Waals surface area (Å²) in [6.07, 6.45) is 1.12. The van der Waals surface area contributed by atoms with Gasteiger partial charge in [-0.3, -0.25) is 9.36 Å². The normalized spacial score (nSPS) is 11.5. The van der Waals surface area contributed by atoms with Crippen LogP contribution in [0.5, 0.6) is 0 Å². The molecule has 4 rings (SSSR count). The molecule has 0 radical (unpaired) electrons. The van der Waals surface area contributed by atoms with Gasteiger partial charge in [0.1, 0.15) is 5.82 Å². The van der Waals surface area contributed by atoms with E-state index < -0.39 is 9.84 Å². The Morgan fingerprint density at radius 2 is 1.61 bits per heavy atom. The van der Waals surface area contributed by atoms with Crippen molar-refractivity contribution in [1.82, 2.24) is 14.8 Å². The van der Waals surface area contributed by atoms with Gasteiger partial charge in [-0.2, -0.15) is 0 Å². The molecule has 0 N–H and O–H groups in total. The molecule has 9 heteroatoms. The Morgan fingerprint density at radius 1 is 0.939 bits per heavy atom. The quantitative estimate of drug-likeness (QED) is 0.272. The minimum Gasteiger partial charge on any atom is -0.298 e. The average molecular weight is 482 g/mol. The first-order valence-corrected chi connectivity index (χ1v) is 12.9. The smallest absolute Gasteiger partial charge is 0.192 e. The maximum Gasteiger partial charge on any atom is 0.192 e. The zero-order valence-electron chi connectivity index (χ0n) is 17.7. The summed E-state index contributed by atoms with van der Waals surface area (Å²) in [7, 11) is -3.32. The molecule has 0 atom stereocenters. The zero-order chi connectivity index (χ0) is 23.4. The fourth-order valence-electron chi connectivity index (χ4n) is 3.22. The second kappa shape index (κ2) is 9.68. The van der Waals surface area contributed by atoms with Crippen LogP contribution in [0.15, 0.2) is 88.9 Å². The van der Waals surface area contributed by atoms with Crippen molar-refractivity contribution in [3.63, 3.8) is 0 Å². The maximum atomic E-state index is 13.4. The molecule has 1 heterocycles. The van der Waals surface area contributed by atoms with E-state index in [1.807, 2.05) is 34.9 Å². The first kappa shape index (κ1) is 22.9. The van der Waals surface area contributed by atoms with E-state index in [4.69, 9.17) is 0 Å². The second-order valence-corrected chi connectivity index (χ2v) is 10.4. The van der Waals surface area contributed by atoms with Gasteiger partial charge in [-0.05, 0) is 42.0 Å². The molecule has 0 aliphatic carbocycles. The summed E-state index contributed by atoms with van der Waals surface area (Å²) < 4.78 is 38.5. The fraction of sp³-hybridized carbons (Fsp3) is 0.125. The summed E-state index contributed by atoms with van der Waals surface area (Å²) in [5, 5.41) is 9.12. The molecule has 0 fully saturated rings. The van der Waals surface area contributed by atoms with Crippen LogP contribution in [0.25, 0.3) is 11.4 Å². The lowest BCUT2D eigenvalue weighted by molar-refractivity contribution is 0.102. The maximum absolute atomic E-state index is 13.4. The SMILES string of the molecule is CS(=O)(=O)c1ccc(C(=O)CSc2nnc(-c3ccc(F)cc3)n2Cc2ccccc2)cc1. The number of rotatable bonds is 8. The van der Waals surface area contributed by atoms with Crippen LogP contribution in [0.2, 0.25) is 0 Å². The summed E-state index contributed by atoms with van der Waals surface area (Å²) in [5.41, 5.74) is 2.17. The molecule has 0 saturated carbocycles. The number of carbonyl (C=O) groups excluding carboxylic acids is 1. The minimum atomic E-state index is -3.32. The molecule has 0 spiro atoms. The molecule has 0 aliphatic rings. The van der Waals surface area contributed by atoms with Gasteiger partial charge in [0, 0.05) is 17.4 Å². The lowest BCUT2D eigenvalue weighted by Gasteiger charge is -2.10. The summed E-state index contributed by atoms with van der Waals surface area (Å²) in [6.45, 7) is 0.486.